The van der Waals surface area contributed by atoms with Gasteiger partial charge in [-0.2, -0.15) is 0 Å². The van der Waals surface area contributed by atoms with E-state index in [2.05, 4.69) is 13.8 Å². The van der Waals surface area contributed by atoms with E-state index < -0.39 is 6.10 Å². The highest BCUT2D eigenvalue weighted by Crippen LogP contribution is 2.16. The first kappa shape index (κ1) is 46.9. The molecule has 48 heavy (non-hydrogen) atoms. The second-order valence-corrected chi connectivity index (χ2v) is 14.8. The number of rotatable bonds is 40. The lowest BCUT2D eigenvalue weighted by Gasteiger charge is -2.15. The Bertz CT molecular complexity index is 651. The fourth-order valence-electron chi connectivity index (χ4n) is 6.62. The monoisotopic (exact) mass is 681 g/mol. The molecule has 0 rings (SSSR count). The van der Waals surface area contributed by atoms with Gasteiger partial charge in [-0.25, -0.2) is 0 Å². The molecule has 1 N–H and O–H groups in total. The van der Waals surface area contributed by atoms with E-state index in [4.69, 9.17) is 9.47 Å². The van der Waals surface area contributed by atoms with Crippen LogP contribution >= 0.6 is 0 Å². The van der Waals surface area contributed by atoms with Crippen LogP contribution in [0.3, 0.4) is 0 Å². The third-order valence-corrected chi connectivity index (χ3v) is 9.90. The number of hydrogen-bond acceptors (Lipinski definition) is 5. The number of carbonyl (C=O) groups is 2. The minimum absolute atomic E-state index is 0.0566. The molecule has 286 valence electrons. The number of esters is 2. The summed E-state index contributed by atoms with van der Waals surface area (Å²) in [6, 6.07) is 0. The Labute approximate surface area is 299 Å². The molecule has 0 aromatic rings. The van der Waals surface area contributed by atoms with Gasteiger partial charge in [0, 0.05) is 12.8 Å². The highest BCUT2D eigenvalue weighted by molar-refractivity contribution is 5.70. The highest BCUT2D eigenvalue weighted by Gasteiger charge is 2.16. The van der Waals surface area contributed by atoms with Crippen molar-refractivity contribution in [1.82, 2.24) is 0 Å². The first-order valence-corrected chi connectivity index (χ1v) is 21.6. The van der Waals surface area contributed by atoms with Crippen molar-refractivity contribution >= 4 is 11.9 Å². The Morgan fingerprint density at radius 1 is 0.396 bits per heavy atom. The first-order chi connectivity index (χ1) is 23.6. The molecular weight excluding hydrogens is 596 g/mol. The van der Waals surface area contributed by atoms with Crippen LogP contribution in [-0.4, -0.2) is 36.4 Å². The van der Waals surface area contributed by atoms with Crippen molar-refractivity contribution < 1.29 is 24.2 Å². The van der Waals surface area contributed by atoms with Crippen molar-refractivity contribution in [2.45, 2.75) is 251 Å². The third kappa shape index (κ3) is 37.7. The van der Waals surface area contributed by atoms with E-state index in [1.54, 1.807) is 0 Å². The number of carbonyl (C=O) groups excluding carboxylic acids is 2. The quantitative estimate of drug-likeness (QED) is 0.0515. The molecular formula is C43H84O5. The fraction of sp³-hybridized carbons (Fsp3) is 0.953. The molecule has 0 aliphatic carbocycles. The fourth-order valence-corrected chi connectivity index (χ4v) is 6.62. The van der Waals surface area contributed by atoms with Crippen LogP contribution in [0.5, 0.6) is 0 Å². The Hall–Kier alpha value is -1.10. The van der Waals surface area contributed by atoms with Crippen molar-refractivity contribution in [1.29, 1.82) is 0 Å². The summed E-state index contributed by atoms with van der Waals surface area (Å²) in [7, 11) is 0. The Balaban J connectivity index is 3.46. The van der Waals surface area contributed by atoms with Gasteiger partial charge in [-0.3, -0.25) is 9.59 Å². The van der Waals surface area contributed by atoms with Gasteiger partial charge in [-0.15, -0.1) is 0 Å². The van der Waals surface area contributed by atoms with Crippen LogP contribution in [0.15, 0.2) is 0 Å². The summed E-state index contributed by atoms with van der Waals surface area (Å²) in [6.45, 7) is 4.17. The average Bonchev–Trinajstić information content (AvgIpc) is 3.09. The highest BCUT2D eigenvalue weighted by atomic mass is 16.6. The van der Waals surface area contributed by atoms with Gasteiger partial charge in [0.1, 0.15) is 6.61 Å². The van der Waals surface area contributed by atoms with Crippen LogP contribution in [0.2, 0.25) is 0 Å². The lowest BCUT2D eigenvalue weighted by molar-refractivity contribution is -0.161. The number of aliphatic hydroxyl groups is 1. The lowest BCUT2D eigenvalue weighted by atomic mass is 10.0. The van der Waals surface area contributed by atoms with E-state index in [1.165, 1.54) is 186 Å². The Morgan fingerprint density at radius 3 is 0.917 bits per heavy atom. The van der Waals surface area contributed by atoms with Gasteiger partial charge < -0.3 is 14.6 Å². The molecule has 5 nitrogen and oxygen atoms in total. The van der Waals surface area contributed by atoms with Gasteiger partial charge in [0.25, 0.3) is 0 Å². The van der Waals surface area contributed by atoms with E-state index in [0.29, 0.717) is 12.8 Å². The first-order valence-electron chi connectivity index (χ1n) is 21.6. The molecule has 0 bridgehead atoms. The molecule has 0 spiro atoms. The smallest absolute Gasteiger partial charge is 0.306 e. The van der Waals surface area contributed by atoms with Crippen molar-refractivity contribution in [3.05, 3.63) is 0 Å². The molecule has 0 saturated carbocycles. The molecule has 0 aliphatic rings. The molecule has 0 heterocycles. The van der Waals surface area contributed by atoms with E-state index in [0.717, 1.165) is 32.1 Å². The second-order valence-electron chi connectivity index (χ2n) is 14.8. The van der Waals surface area contributed by atoms with Crippen LogP contribution in [0, 0.1) is 0 Å². The van der Waals surface area contributed by atoms with Crippen LogP contribution in [0.4, 0.5) is 0 Å². The molecule has 0 aromatic heterocycles. The average molecular weight is 681 g/mol. The molecule has 0 saturated heterocycles. The standard InChI is InChI=1S/C43H84O5/c1-3-5-7-9-11-13-15-17-19-20-21-22-23-24-26-28-30-32-34-36-38-43(46)48-41(39-44)40-47-42(45)37-35-33-31-29-27-25-18-16-14-12-10-8-6-4-2/h41,44H,3-40H2,1-2H3/t41-/m0/s1. The predicted octanol–water partition coefficient (Wildman–Crippen LogP) is 13.5. The Kier molecular flexibility index (Phi) is 39.4. The van der Waals surface area contributed by atoms with Gasteiger partial charge in [0.15, 0.2) is 6.10 Å². The maximum atomic E-state index is 12.2. The summed E-state index contributed by atoms with van der Waals surface area (Å²) in [4.78, 5) is 24.3. The Morgan fingerprint density at radius 2 is 0.646 bits per heavy atom. The van der Waals surface area contributed by atoms with Gasteiger partial charge in [-0.05, 0) is 12.8 Å². The second kappa shape index (κ2) is 40.3. The predicted molar refractivity (Wildman–Crippen MR) is 205 cm³/mol. The molecule has 0 fully saturated rings. The molecule has 1 atom stereocenters. The van der Waals surface area contributed by atoms with Gasteiger partial charge in [0.05, 0.1) is 6.61 Å². The van der Waals surface area contributed by atoms with Crippen molar-refractivity contribution in [3.8, 4) is 0 Å². The molecule has 5 heteroatoms. The van der Waals surface area contributed by atoms with Gasteiger partial charge in [-0.1, -0.05) is 219 Å². The van der Waals surface area contributed by atoms with Crippen LogP contribution in [0.1, 0.15) is 245 Å². The minimum atomic E-state index is -0.761. The summed E-state index contributed by atoms with van der Waals surface area (Å²) < 4.78 is 10.6. The SMILES string of the molecule is CCCCCCCCCCCCCCCCCCCCCCC(=O)O[C@@H](CO)COC(=O)CCCCCCCCCCCCCCCC. The third-order valence-electron chi connectivity index (χ3n) is 9.90. The lowest BCUT2D eigenvalue weighted by Crippen LogP contribution is -2.28. The zero-order chi connectivity index (χ0) is 35.0. The van der Waals surface area contributed by atoms with E-state index in [9.17, 15) is 14.7 Å². The normalized spacial score (nSPS) is 12.0. The summed E-state index contributed by atoms with van der Waals surface area (Å²) in [6.07, 6.45) is 44.6. The largest absolute Gasteiger partial charge is 0.462 e. The summed E-state index contributed by atoms with van der Waals surface area (Å²) >= 11 is 0. The molecule has 0 unspecified atom stereocenters. The molecule has 0 amide bonds. The van der Waals surface area contributed by atoms with Gasteiger partial charge in [0.2, 0.25) is 0 Å². The molecule has 0 aromatic carbocycles. The summed E-state index contributed by atoms with van der Waals surface area (Å²) in [5.41, 5.74) is 0. The number of unbranched alkanes of at least 4 members (excludes halogenated alkanes) is 32. The maximum Gasteiger partial charge on any atom is 0.306 e. The van der Waals surface area contributed by atoms with Crippen molar-refractivity contribution in [2.75, 3.05) is 13.2 Å². The summed E-state index contributed by atoms with van der Waals surface area (Å²) in [5, 5.41) is 9.57. The number of ether oxygens (including phenoxy) is 2. The molecule has 0 aliphatic heterocycles. The minimum Gasteiger partial charge on any atom is -0.462 e. The number of aliphatic hydroxyl groups excluding tert-OH is 1. The van der Waals surface area contributed by atoms with Crippen LogP contribution in [-0.2, 0) is 19.1 Å². The van der Waals surface area contributed by atoms with Crippen molar-refractivity contribution in [2.24, 2.45) is 0 Å². The number of hydrogen-bond donors (Lipinski definition) is 1. The van der Waals surface area contributed by atoms with Crippen LogP contribution < -0.4 is 0 Å². The van der Waals surface area contributed by atoms with E-state index in [1.807, 2.05) is 0 Å². The zero-order valence-corrected chi connectivity index (χ0v) is 32.5. The topological polar surface area (TPSA) is 72.8 Å². The van der Waals surface area contributed by atoms with Gasteiger partial charge >= 0.3 is 11.9 Å². The van der Waals surface area contributed by atoms with Crippen LogP contribution in [0.25, 0.3) is 0 Å². The molecule has 0 radical (unpaired) electrons. The van der Waals surface area contributed by atoms with E-state index >= 15 is 0 Å². The van der Waals surface area contributed by atoms with E-state index in [-0.39, 0.29) is 25.2 Å². The maximum absolute atomic E-state index is 12.2. The zero-order valence-electron chi connectivity index (χ0n) is 32.5. The van der Waals surface area contributed by atoms with Crippen molar-refractivity contribution in [3.63, 3.8) is 0 Å². The summed E-state index contributed by atoms with van der Waals surface area (Å²) in [5.74, 6) is -0.572.